The second-order valence-electron chi connectivity index (χ2n) is 13.4. The summed E-state index contributed by atoms with van der Waals surface area (Å²) in [6, 6.07) is 20.2. The van der Waals surface area contributed by atoms with E-state index in [1.165, 1.54) is 26.0 Å². The van der Waals surface area contributed by atoms with Crippen molar-refractivity contribution in [1.82, 2.24) is 26.2 Å². The fourth-order valence-corrected chi connectivity index (χ4v) is 6.13. The molecule has 2 aromatic heterocycles. The molecular formula is C42H42Cl2N10O7. The zero-order valence-corrected chi connectivity index (χ0v) is 34.6. The first-order chi connectivity index (χ1) is 29.0. The molecule has 0 saturated carbocycles. The monoisotopic (exact) mass is 868 g/mol. The Kier molecular flexibility index (Phi) is 16.2. The van der Waals surface area contributed by atoms with Crippen molar-refractivity contribution in [3.63, 3.8) is 0 Å². The number of carbonyl (C=O) groups excluding carboxylic acids is 3. The average molecular weight is 870 g/mol. The standard InChI is InChI=1S/C21H20ClN5O3.C12H13ClN2O3.C9H9N3O/c1-11-16(5-4-15(10-23)18(11)22)25-19(12(2)28)21(30)27-26-20(29)14-3-6-17-13(9-14)7-8-24-17;1-6-8(4-5-9(14-3)10(6)13)15-11(7(2)16)12(17)18;10-12-9(13)7-1-2-8-6(5-7)3-4-11-8/h3-9,12,19,24-25,28H,1-2H3,(H,26,29)(H,27,30);4-5,7,11,15-16H,1-2H3,(H,17,18);1-5,11H,10H2,(H,12,13)/t12-,19+;7-,11+;/m00./s1. The minimum absolute atomic E-state index is 0.265. The van der Waals surface area contributed by atoms with Crippen LogP contribution in [0.5, 0.6) is 0 Å². The Morgan fingerprint density at radius 2 is 1.26 bits per heavy atom. The Hall–Kier alpha value is -7.12. The Morgan fingerprint density at radius 1 is 0.754 bits per heavy atom. The number of nitrogens with zero attached hydrogens (tertiary/aromatic N) is 2. The molecule has 6 rings (SSSR count). The molecule has 61 heavy (non-hydrogen) atoms. The number of carboxylic acid groups (broad SMARTS) is 1. The molecular weight excluding hydrogens is 827 g/mol. The van der Waals surface area contributed by atoms with Crippen LogP contribution in [0.4, 0.5) is 17.1 Å². The van der Waals surface area contributed by atoms with Crippen molar-refractivity contribution in [2.75, 3.05) is 10.6 Å². The number of halogens is 2. The molecule has 0 aliphatic carbocycles. The Bertz CT molecular complexity index is 2650. The highest BCUT2D eigenvalue weighted by Gasteiger charge is 2.26. The number of aliphatic carboxylic acids is 1. The van der Waals surface area contributed by atoms with Crippen molar-refractivity contribution >= 4 is 85.8 Å². The number of rotatable bonds is 10. The van der Waals surface area contributed by atoms with E-state index < -0.39 is 42.1 Å². The maximum Gasteiger partial charge on any atom is 0.328 e. The second-order valence-corrected chi connectivity index (χ2v) is 14.2. The first kappa shape index (κ1) is 46.6. The molecule has 19 heteroatoms. The Labute approximate surface area is 359 Å². The first-order valence-electron chi connectivity index (χ1n) is 18.2. The maximum atomic E-state index is 12.6. The summed E-state index contributed by atoms with van der Waals surface area (Å²) in [7, 11) is 0. The lowest BCUT2D eigenvalue weighted by Crippen LogP contribution is -2.52. The summed E-state index contributed by atoms with van der Waals surface area (Å²) in [6.07, 6.45) is 1.47. The van der Waals surface area contributed by atoms with Gasteiger partial charge in [0.05, 0.1) is 34.4 Å². The number of amides is 3. The summed E-state index contributed by atoms with van der Waals surface area (Å²) in [4.78, 5) is 56.4. The largest absolute Gasteiger partial charge is 0.480 e. The van der Waals surface area contributed by atoms with Gasteiger partial charge >= 0.3 is 5.97 Å². The second kappa shape index (κ2) is 21.2. The topological polar surface area (TPSA) is 275 Å². The van der Waals surface area contributed by atoms with Gasteiger partial charge in [0.1, 0.15) is 12.1 Å². The van der Waals surface area contributed by atoms with Crippen LogP contribution in [0.3, 0.4) is 0 Å². The summed E-state index contributed by atoms with van der Waals surface area (Å²) in [5.74, 6) is 2.45. The third-order valence-corrected chi connectivity index (χ3v) is 10.2. The molecule has 4 atom stereocenters. The average Bonchev–Trinajstić information content (AvgIpc) is 3.93. The number of nitrogen functional groups attached to an aromatic ring is 1. The number of nitriles is 1. The van der Waals surface area contributed by atoms with Gasteiger partial charge in [-0.05, 0) is 106 Å². The summed E-state index contributed by atoms with van der Waals surface area (Å²) in [5, 5.41) is 45.5. The van der Waals surface area contributed by atoms with E-state index in [1.807, 2.05) is 30.5 Å². The molecule has 12 N–H and O–H groups in total. The normalized spacial score (nSPS) is 12.4. The Balaban J connectivity index is 0.000000223. The van der Waals surface area contributed by atoms with Crippen LogP contribution in [-0.4, -0.2) is 73.3 Å². The van der Waals surface area contributed by atoms with Crippen LogP contribution in [-0.2, 0) is 9.59 Å². The fourth-order valence-electron chi connectivity index (χ4n) is 5.71. The molecule has 0 spiro atoms. The van der Waals surface area contributed by atoms with Crippen molar-refractivity contribution in [2.24, 2.45) is 5.84 Å². The van der Waals surface area contributed by atoms with E-state index in [-0.39, 0.29) is 16.0 Å². The van der Waals surface area contributed by atoms with Gasteiger partial charge in [0, 0.05) is 56.7 Å². The van der Waals surface area contributed by atoms with E-state index in [1.54, 1.807) is 62.5 Å². The molecule has 0 fully saturated rings. The van der Waals surface area contributed by atoms with Crippen molar-refractivity contribution in [1.29, 1.82) is 5.26 Å². The number of benzene rings is 4. The highest BCUT2D eigenvalue weighted by Crippen LogP contribution is 2.33. The van der Waals surface area contributed by atoms with E-state index in [4.69, 9.17) is 46.0 Å². The highest BCUT2D eigenvalue weighted by atomic mass is 35.5. The molecule has 0 aliphatic heterocycles. The van der Waals surface area contributed by atoms with Crippen LogP contribution < -0.4 is 32.8 Å². The molecule has 3 amide bonds. The summed E-state index contributed by atoms with van der Waals surface area (Å²) in [6.45, 7) is 13.1. The molecule has 0 radical (unpaired) electrons. The number of H-pyrrole nitrogens is 2. The molecule has 0 unspecified atom stereocenters. The molecule has 17 nitrogen and oxygen atoms in total. The quantitative estimate of drug-likeness (QED) is 0.0337. The number of hydrogen-bond acceptors (Lipinski definition) is 10. The van der Waals surface area contributed by atoms with Crippen molar-refractivity contribution in [2.45, 2.75) is 52.0 Å². The van der Waals surface area contributed by atoms with Gasteiger partial charge in [-0.1, -0.05) is 29.3 Å². The smallest absolute Gasteiger partial charge is 0.328 e. The predicted molar refractivity (Wildman–Crippen MR) is 233 cm³/mol. The number of carboxylic acids is 1. The van der Waals surface area contributed by atoms with Crippen LogP contribution in [0, 0.1) is 31.8 Å². The van der Waals surface area contributed by atoms with Gasteiger partial charge in [-0.2, -0.15) is 5.26 Å². The third kappa shape index (κ3) is 11.8. The zero-order valence-electron chi connectivity index (χ0n) is 33.1. The number of aromatic amines is 2. The van der Waals surface area contributed by atoms with Gasteiger partial charge in [-0.3, -0.25) is 30.7 Å². The molecule has 6 aromatic rings. The van der Waals surface area contributed by atoms with Crippen LogP contribution >= 0.6 is 23.2 Å². The van der Waals surface area contributed by atoms with Crippen LogP contribution in [0.2, 0.25) is 10.0 Å². The molecule has 316 valence electrons. The number of hydrogen-bond donors (Lipinski definition) is 11. The number of hydrazine groups is 2. The predicted octanol–water partition coefficient (Wildman–Crippen LogP) is 5.84. The molecule has 0 aliphatic rings. The Morgan fingerprint density at radius 3 is 1.75 bits per heavy atom. The number of carbonyl (C=O) groups is 4. The van der Waals surface area contributed by atoms with Crippen LogP contribution in [0.15, 0.2) is 85.2 Å². The van der Waals surface area contributed by atoms with E-state index >= 15 is 0 Å². The molecule has 4 aromatic carbocycles. The minimum atomic E-state index is -1.16. The van der Waals surface area contributed by atoms with Gasteiger partial charge in [0.15, 0.2) is 6.04 Å². The fraction of sp³-hybridized carbons (Fsp3) is 0.190. The van der Waals surface area contributed by atoms with E-state index in [9.17, 15) is 29.4 Å². The number of fused-ring (bicyclic) bond motifs is 2. The lowest BCUT2D eigenvalue weighted by Gasteiger charge is -2.23. The van der Waals surface area contributed by atoms with E-state index in [0.717, 1.165) is 21.8 Å². The number of aliphatic hydroxyl groups excluding tert-OH is 2. The van der Waals surface area contributed by atoms with Crippen molar-refractivity contribution < 1.29 is 34.5 Å². The van der Waals surface area contributed by atoms with Gasteiger partial charge < -0.3 is 35.9 Å². The maximum absolute atomic E-state index is 12.6. The number of aromatic nitrogens is 2. The minimum Gasteiger partial charge on any atom is -0.480 e. The van der Waals surface area contributed by atoms with E-state index in [2.05, 4.69) is 41.7 Å². The molecule has 0 saturated heterocycles. The van der Waals surface area contributed by atoms with Gasteiger partial charge in [-0.15, -0.1) is 0 Å². The third-order valence-electron chi connectivity index (χ3n) is 9.19. The number of anilines is 2. The summed E-state index contributed by atoms with van der Waals surface area (Å²) in [5.41, 5.74) is 12.4. The SMILES string of the molecule is Cc1c(N[C@@H](C(=O)NNC(=O)c2ccc3[nH]ccc3c2)[C@H](C)O)ccc(C#N)c1Cl.NNC(=O)c1ccc2[nH]ccc2c1.[C-]#[N+]c1ccc(N[C@@H](C(=O)O)[C@H](C)O)c(C)c1Cl. The van der Waals surface area contributed by atoms with Crippen LogP contribution in [0.1, 0.15) is 51.3 Å². The van der Waals surface area contributed by atoms with Gasteiger partial charge in [0.25, 0.3) is 17.7 Å². The summed E-state index contributed by atoms with van der Waals surface area (Å²) < 4.78 is 0. The summed E-state index contributed by atoms with van der Waals surface area (Å²) >= 11 is 12.1. The molecule has 0 bridgehead atoms. The van der Waals surface area contributed by atoms with Gasteiger partial charge in [0.2, 0.25) is 5.69 Å². The number of aliphatic hydroxyl groups is 2. The first-order valence-corrected chi connectivity index (χ1v) is 19.0. The van der Waals surface area contributed by atoms with Crippen LogP contribution in [0.25, 0.3) is 26.7 Å². The number of nitrogens with two attached hydrogens (primary N) is 1. The zero-order chi connectivity index (χ0) is 45.0. The number of nitrogens with one attached hydrogen (secondary N) is 7. The van der Waals surface area contributed by atoms with Crippen molar-refractivity contribution in [3.05, 3.63) is 134 Å². The van der Waals surface area contributed by atoms with Gasteiger partial charge in [-0.25, -0.2) is 15.5 Å². The highest BCUT2D eigenvalue weighted by molar-refractivity contribution is 6.34. The molecule has 2 heterocycles. The van der Waals surface area contributed by atoms with Crippen molar-refractivity contribution in [3.8, 4) is 6.07 Å². The lowest BCUT2D eigenvalue weighted by molar-refractivity contribution is -0.140. The lowest BCUT2D eigenvalue weighted by atomic mass is 10.1. The van der Waals surface area contributed by atoms with E-state index in [0.29, 0.717) is 44.9 Å².